The van der Waals surface area contributed by atoms with Crippen molar-refractivity contribution in [1.29, 1.82) is 0 Å². The van der Waals surface area contributed by atoms with Crippen LogP contribution in [-0.4, -0.2) is 10.1 Å². The lowest BCUT2D eigenvalue weighted by molar-refractivity contribution is -0.142. The largest absolute Gasteiger partial charge is 0.504 e. The van der Waals surface area contributed by atoms with Gasteiger partial charge in [0.05, 0.1) is 11.1 Å². The van der Waals surface area contributed by atoms with Gasteiger partial charge in [0.25, 0.3) is 11.0 Å². The first-order valence-corrected chi connectivity index (χ1v) is 5.50. The Morgan fingerprint density at radius 1 is 0.909 bits per heavy atom. The van der Waals surface area contributed by atoms with Gasteiger partial charge in [-0.15, -0.1) is 0 Å². The molecular formula is C12H5F6NO3. The number of aromatic hydroxyl groups is 1. The van der Waals surface area contributed by atoms with Gasteiger partial charge in [-0.05, 0) is 18.2 Å². The summed E-state index contributed by atoms with van der Waals surface area (Å²) in [5.41, 5.74) is -7.36. The molecule has 0 saturated carbocycles. The van der Waals surface area contributed by atoms with Gasteiger partial charge in [-0.2, -0.15) is 26.3 Å². The second-order valence-electron chi connectivity index (χ2n) is 4.29. The molecule has 2 aromatic rings. The highest BCUT2D eigenvalue weighted by molar-refractivity contribution is 5.84. The van der Waals surface area contributed by atoms with E-state index in [4.69, 9.17) is 0 Å². The molecule has 0 radical (unpaired) electrons. The van der Waals surface area contributed by atoms with Crippen molar-refractivity contribution >= 4 is 10.9 Å². The predicted octanol–water partition coefficient (Wildman–Crippen LogP) is 2.63. The fourth-order valence-electron chi connectivity index (χ4n) is 1.81. The van der Waals surface area contributed by atoms with Gasteiger partial charge < -0.3 is 10.1 Å². The number of hydrogen-bond acceptors (Lipinski definition) is 3. The number of aromatic amines is 1. The Kier molecular flexibility index (Phi) is 3.42. The lowest BCUT2D eigenvalue weighted by Crippen LogP contribution is -2.22. The van der Waals surface area contributed by atoms with Crippen LogP contribution in [0.4, 0.5) is 26.3 Å². The summed E-state index contributed by atoms with van der Waals surface area (Å²) in [6.45, 7) is 0. The van der Waals surface area contributed by atoms with E-state index in [0.717, 1.165) is 0 Å². The maximum absolute atomic E-state index is 12.9. The van der Waals surface area contributed by atoms with Crippen LogP contribution in [0.3, 0.4) is 0 Å². The summed E-state index contributed by atoms with van der Waals surface area (Å²) in [4.78, 5) is 24.1. The minimum absolute atomic E-state index is 0.162. The summed E-state index contributed by atoms with van der Waals surface area (Å²) in [5, 5.41) is 8.32. The Morgan fingerprint density at radius 3 is 2.00 bits per heavy atom. The molecule has 0 bridgehead atoms. The average molecular weight is 325 g/mol. The quantitative estimate of drug-likeness (QED) is 0.578. The molecule has 0 aliphatic heterocycles. The van der Waals surface area contributed by atoms with Gasteiger partial charge in [-0.3, -0.25) is 9.59 Å². The Hall–Kier alpha value is -2.52. The number of rotatable bonds is 0. The van der Waals surface area contributed by atoms with Gasteiger partial charge in [0.15, 0.2) is 5.75 Å². The first-order valence-electron chi connectivity index (χ1n) is 5.50. The fraction of sp³-hybridized carbons (Fsp3) is 0.167. The third kappa shape index (κ3) is 2.76. The zero-order chi connectivity index (χ0) is 16.9. The molecule has 0 atom stereocenters. The zero-order valence-electron chi connectivity index (χ0n) is 10.3. The molecule has 0 aliphatic rings. The van der Waals surface area contributed by atoms with Crippen LogP contribution in [-0.2, 0) is 12.4 Å². The van der Waals surface area contributed by atoms with E-state index in [9.17, 15) is 41.0 Å². The van der Waals surface area contributed by atoms with Crippen molar-refractivity contribution in [2.45, 2.75) is 12.4 Å². The van der Waals surface area contributed by atoms with Crippen molar-refractivity contribution in [2.24, 2.45) is 0 Å². The van der Waals surface area contributed by atoms with Crippen molar-refractivity contribution in [3.05, 3.63) is 49.9 Å². The molecule has 0 spiro atoms. The first-order chi connectivity index (χ1) is 9.91. The lowest BCUT2D eigenvalue weighted by atomic mass is 10.0. The molecule has 0 amide bonds. The Labute approximate surface area is 116 Å². The maximum Gasteiger partial charge on any atom is 0.417 e. The van der Waals surface area contributed by atoms with Gasteiger partial charge >= 0.3 is 12.4 Å². The monoisotopic (exact) mass is 325 g/mol. The summed E-state index contributed by atoms with van der Waals surface area (Å²) in [5.74, 6) is -1.30. The van der Waals surface area contributed by atoms with Gasteiger partial charge in [0, 0.05) is 10.9 Å². The normalized spacial score (nSPS) is 12.6. The molecule has 10 heteroatoms. The SMILES string of the molecule is O=c1[nH]c2cc(C(F)(F)F)cc(C(F)(F)F)c2cc(O)c1=O. The smallest absolute Gasteiger partial charge is 0.417 e. The number of nitrogens with one attached hydrogen (secondary N) is 1. The Bertz CT molecular complexity index is 866. The zero-order valence-corrected chi connectivity index (χ0v) is 10.3. The molecule has 0 saturated heterocycles. The Morgan fingerprint density at radius 2 is 1.50 bits per heavy atom. The Balaban J connectivity index is 3.09. The minimum atomic E-state index is -5.19. The van der Waals surface area contributed by atoms with Crippen LogP contribution in [0.25, 0.3) is 10.9 Å². The fourth-order valence-corrected chi connectivity index (χ4v) is 1.81. The molecule has 118 valence electrons. The van der Waals surface area contributed by atoms with Gasteiger partial charge in [-0.25, -0.2) is 0 Å². The summed E-state index contributed by atoms with van der Waals surface area (Å²) in [6.07, 6.45) is -10.3. The maximum atomic E-state index is 12.9. The number of aromatic nitrogens is 1. The number of halogens is 6. The highest BCUT2D eigenvalue weighted by Gasteiger charge is 2.38. The highest BCUT2D eigenvalue weighted by atomic mass is 19.4. The molecule has 1 aromatic heterocycles. The third-order valence-electron chi connectivity index (χ3n) is 2.78. The lowest BCUT2D eigenvalue weighted by Gasteiger charge is -2.13. The van der Waals surface area contributed by atoms with Crippen molar-refractivity contribution < 1.29 is 31.4 Å². The van der Waals surface area contributed by atoms with Gasteiger partial charge in [-0.1, -0.05) is 0 Å². The number of alkyl halides is 6. The van der Waals surface area contributed by atoms with Gasteiger partial charge in [0.2, 0.25) is 0 Å². The molecule has 0 unspecified atom stereocenters. The standard InChI is InChI=1S/C12H5F6NO3/c13-11(14,15)4-1-6(12(16,17)18)5-3-8(20)9(21)10(22)19-7(5)2-4/h1-3H,(H2,19,20,21,22). The van der Waals surface area contributed by atoms with E-state index in [-0.39, 0.29) is 12.1 Å². The first kappa shape index (κ1) is 15.9. The minimum Gasteiger partial charge on any atom is -0.504 e. The average Bonchev–Trinajstić information content (AvgIpc) is 2.45. The van der Waals surface area contributed by atoms with Crippen LogP contribution in [0.5, 0.6) is 5.75 Å². The number of hydrogen-bond donors (Lipinski definition) is 2. The molecule has 0 aliphatic carbocycles. The molecule has 2 rings (SSSR count). The third-order valence-corrected chi connectivity index (χ3v) is 2.78. The second-order valence-corrected chi connectivity index (χ2v) is 4.29. The molecule has 1 aromatic carbocycles. The number of H-pyrrole nitrogens is 1. The molecule has 0 fully saturated rings. The number of fused-ring (bicyclic) bond motifs is 1. The van der Waals surface area contributed by atoms with Crippen molar-refractivity contribution in [2.75, 3.05) is 0 Å². The molecule has 4 nitrogen and oxygen atoms in total. The van der Waals surface area contributed by atoms with E-state index in [1.54, 1.807) is 4.98 Å². The van der Waals surface area contributed by atoms with Crippen LogP contribution >= 0.6 is 0 Å². The molecular weight excluding hydrogens is 320 g/mol. The van der Waals surface area contributed by atoms with E-state index in [2.05, 4.69) is 0 Å². The molecule has 1 heterocycles. The van der Waals surface area contributed by atoms with Crippen molar-refractivity contribution in [3.63, 3.8) is 0 Å². The summed E-state index contributed by atoms with van der Waals surface area (Å²) in [6, 6.07) is 0.397. The van der Waals surface area contributed by atoms with E-state index < -0.39 is 51.1 Å². The van der Waals surface area contributed by atoms with E-state index in [1.165, 1.54) is 0 Å². The van der Waals surface area contributed by atoms with Crippen LogP contribution in [0.1, 0.15) is 11.1 Å². The van der Waals surface area contributed by atoms with Crippen LogP contribution < -0.4 is 11.0 Å². The highest BCUT2D eigenvalue weighted by Crippen LogP contribution is 2.39. The molecule has 2 N–H and O–H groups in total. The topological polar surface area (TPSA) is 70.2 Å². The van der Waals surface area contributed by atoms with Gasteiger partial charge in [0.1, 0.15) is 0 Å². The number of benzene rings is 1. The van der Waals surface area contributed by atoms with Crippen LogP contribution in [0.15, 0.2) is 27.8 Å². The predicted molar refractivity (Wildman–Crippen MR) is 62.5 cm³/mol. The summed E-state index contributed by atoms with van der Waals surface area (Å²) >= 11 is 0. The van der Waals surface area contributed by atoms with Crippen LogP contribution in [0, 0.1) is 0 Å². The summed E-state index contributed by atoms with van der Waals surface area (Å²) in [7, 11) is 0. The van der Waals surface area contributed by atoms with Crippen molar-refractivity contribution in [3.8, 4) is 5.75 Å². The van der Waals surface area contributed by atoms with Crippen molar-refractivity contribution in [1.82, 2.24) is 4.98 Å². The molecule has 22 heavy (non-hydrogen) atoms. The van der Waals surface area contributed by atoms with Crippen LogP contribution in [0.2, 0.25) is 0 Å². The second kappa shape index (κ2) is 4.75. The summed E-state index contributed by atoms with van der Waals surface area (Å²) < 4.78 is 76.8. The van der Waals surface area contributed by atoms with E-state index in [0.29, 0.717) is 6.07 Å². The van der Waals surface area contributed by atoms with E-state index >= 15 is 0 Å². The van der Waals surface area contributed by atoms with E-state index in [1.807, 2.05) is 0 Å².